The van der Waals surface area contributed by atoms with Crippen LogP contribution in [0.2, 0.25) is 0 Å². The summed E-state index contributed by atoms with van der Waals surface area (Å²) in [5.41, 5.74) is 1.94. The molecular formula is C29H37FN2O3S. The smallest absolute Gasteiger partial charge is 0.243 e. The van der Waals surface area contributed by atoms with Crippen LogP contribution in [0.15, 0.2) is 83.8 Å². The van der Waals surface area contributed by atoms with Crippen LogP contribution in [0.4, 0.5) is 4.39 Å². The van der Waals surface area contributed by atoms with Crippen LogP contribution in [-0.2, 0) is 23.2 Å². The summed E-state index contributed by atoms with van der Waals surface area (Å²) < 4.78 is 48.1. The molecule has 0 spiro atoms. The molecule has 3 rings (SSSR count). The predicted octanol–water partition coefficient (Wildman–Crippen LogP) is 6.11. The second-order valence-corrected chi connectivity index (χ2v) is 10.8. The van der Waals surface area contributed by atoms with Crippen LogP contribution in [-0.4, -0.2) is 43.3 Å². The lowest BCUT2D eigenvalue weighted by molar-refractivity contribution is 0.265. The average molecular weight is 513 g/mol. The third kappa shape index (κ3) is 7.88. The second-order valence-electron chi connectivity index (χ2n) is 8.94. The number of sulfonamides is 1. The van der Waals surface area contributed by atoms with Crippen LogP contribution in [0, 0.1) is 5.82 Å². The molecule has 0 aliphatic heterocycles. The molecule has 0 saturated heterocycles. The SMILES string of the molecule is CCN(CC)CCCC(C)N(Cc1ccc(OCc2ccccc2)cc1)S(=O)(=O)c1ccc(F)cc1. The van der Waals surface area contributed by atoms with Gasteiger partial charge in [0.1, 0.15) is 18.2 Å². The molecule has 1 unspecified atom stereocenters. The highest BCUT2D eigenvalue weighted by Gasteiger charge is 2.29. The third-order valence-corrected chi connectivity index (χ3v) is 8.39. The maximum atomic E-state index is 13.6. The van der Waals surface area contributed by atoms with Crippen molar-refractivity contribution >= 4 is 10.0 Å². The third-order valence-electron chi connectivity index (χ3n) is 6.41. The molecule has 3 aromatic carbocycles. The second kappa shape index (κ2) is 13.5. The van der Waals surface area contributed by atoms with E-state index in [1.165, 1.54) is 28.6 Å². The van der Waals surface area contributed by atoms with Crippen molar-refractivity contribution in [3.63, 3.8) is 0 Å². The van der Waals surface area contributed by atoms with Gasteiger partial charge in [0.15, 0.2) is 0 Å². The minimum atomic E-state index is -3.81. The molecule has 0 saturated carbocycles. The first-order valence-electron chi connectivity index (χ1n) is 12.6. The van der Waals surface area contributed by atoms with Gasteiger partial charge in [-0.15, -0.1) is 0 Å². The van der Waals surface area contributed by atoms with E-state index in [0.29, 0.717) is 6.61 Å². The molecule has 0 N–H and O–H groups in total. The van der Waals surface area contributed by atoms with E-state index in [1.54, 1.807) is 0 Å². The fourth-order valence-corrected chi connectivity index (χ4v) is 5.77. The molecule has 7 heteroatoms. The van der Waals surface area contributed by atoms with Crippen LogP contribution in [0.25, 0.3) is 0 Å². The molecule has 0 aromatic heterocycles. The van der Waals surface area contributed by atoms with Crippen molar-refractivity contribution in [2.75, 3.05) is 19.6 Å². The zero-order valence-corrected chi connectivity index (χ0v) is 22.3. The minimum absolute atomic E-state index is 0.0994. The Morgan fingerprint density at radius 3 is 2.11 bits per heavy atom. The summed E-state index contributed by atoms with van der Waals surface area (Å²) in [5.74, 6) is 0.265. The molecule has 194 valence electrons. The van der Waals surface area contributed by atoms with E-state index in [-0.39, 0.29) is 17.5 Å². The minimum Gasteiger partial charge on any atom is -0.489 e. The molecule has 0 aliphatic rings. The van der Waals surface area contributed by atoms with Gasteiger partial charge in [0.2, 0.25) is 10.0 Å². The maximum absolute atomic E-state index is 13.6. The van der Waals surface area contributed by atoms with Crippen molar-refractivity contribution in [1.29, 1.82) is 0 Å². The summed E-state index contributed by atoms with van der Waals surface area (Å²) in [4.78, 5) is 2.43. The van der Waals surface area contributed by atoms with Gasteiger partial charge in [-0.3, -0.25) is 0 Å². The van der Waals surface area contributed by atoms with Crippen molar-refractivity contribution in [2.24, 2.45) is 0 Å². The Labute approximate surface area is 215 Å². The van der Waals surface area contributed by atoms with Gasteiger partial charge in [0.25, 0.3) is 0 Å². The Morgan fingerprint density at radius 1 is 0.861 bits per heavy atom. The van der Waals surface area contributed by atoms with Crippen LogP contribution in [0.3, 0.4) is 0 Å². The highest BCUT2D eigenvalue weighted by Crippen LogP contribution is 2.25. The fourth-order valence-electron chi connectivity index (χ4n) is 4.13. The van der Waals surface area contributed by atoms with Gasteiger partial charge in [0, 0.05) is 12.6 Å². The molecule has 5 nitrogen and oxygen atoms in total. The number of rotatable bonds is 14. The number of hydrogen-bond donors (Lipinski definition) is 0. The van der Waals surface area contributed by atoms with Gasteiger partial charge < -0.3 is 9.64 Å². The number of ether oxygens (including phenoxy) is 1. The lowest BCUT2D eigenvalue weighted by Gasteiger charge is -2.29. The topological polar surface area (TPSA) is 49.9 Å². The molecule has 0 fully saturated rings. The monoisotopic (exact) mass is 512 g/mol. The first kappa shape index (κ1) is 27.8. The Morgan fingerprint density at radius 2 is 1.50 bits per heavy atom. The molecule has 36 heavy (non-hydrogen) atoms. The fraction of sp³-hybridized carbons (Fsp3) is 0.379. The summed E-state index contributed by atoms with van der Waals surface area (Å²) >= 11 is 0. The van der Waals surface area contributed by atoms with Crippen molar-refractivity contribution < 1.29 is 17.5 Å². The summed E-state index contributed by atoms with van der Waals surface area (Å²) in [5, 5.41) is 0. The summed E-state index contributed by atoms with van der Waals surface area (Å²) in [6, 6.07) is 22.3. The molecule has 3 aromatic rings. The molecule has 0 amide bonds. The lowest BCUT2D eigenvalue weighted by atomic mass is 10.1. The zero-order valence-electron chi connectivity index (χ0n) is 21.4. The quantitative estimate of drug-likeness (QED) is 0.262. The molecule has 0 aliphatic carbocycles. The van der Waals surface area contributed by atoms with E-state index in [2.05, 4.69) is 18.7 Å². The number of benzene rings is 3. The normalized spacial score (nSPS) is 12.7. The zero-order chi connectivity index (χ0) is 26.0. The van der Waals surface area contributed by atoms with Crippen molar-refractivity contribution in [3.8, 4) is 5.75 Å². The van der Waals surface area contributed by atoms with Gasteiger partial charge in [-0.25, -0.2) is 12.8 Å². The Bertz CT molecular complexity index is 1150. The number of hydrogen-bond acceptors (Lipinski definition) is 4. The number of nitrogens with zero attached hydrogens (tertiary/aromatic N) is 2. The lowest BCUT2D eigenvalue weighted by Crippen LogP contribution is -2.38. The van der Waals surface area contributed by atoms with Gasteiger partial charge in [-0.05, 0) is 86.9 Å². The van der Waals surface area contributed by atoms with E-state index in [9.17, 15) is 12.8 Å². The summed E-state index contributed by atoms with van der Waals surface area (Å²) in [6.45, 7) is 9.77. The molecule has 0 bridgehead atoms. The van der Waals surface area contributed by atoms with E-state index in [4.69, 9.17) is 4.74 Å². The summed E-state index contributed by atoms with van der Waals surface area (Å²) in [7, 11) is -3.81. The van der Waals surface area contributed by atoms with Crippen LogP contribution in [0.1, 0.15) is 44.7 Å². The first-order chi connectivity index (χ1) is 17.3. The Hall–Kier alpha value is -2.74. The highest BCUT2D eigenvalue weighted by atomic mass is 32.2. The van der Waals surface area contributed by atoms with Crippen LogP contribution in [0.5, 0.6) is 5.75 Å². The van der Waals surface area contributed by atoms with E-state index in [0.717, 1.165) is 49.4 Å². The van der Waals surface area contributed by atoms with Crippen LogP contribution < -0.4 is 4.74 Å². The Kier molecular flexibility index (Phi) is 10.5. The van der Waals surface area contributed by atoms with Crippen LogP contribution >= 0.6 is 0 Å². The predicted molar refractivity (Wildman–Crippen MR) is 143 cm³/mol. The largest absolute Gasteiger partial charge is 0.489 e. The standard InChI is InChI=1S/C29H37FN2O3S/c1-4-31(5-2)21-9-10-24(3)32(36(33,34)29-19-15-27(30)16-20-29)22-25-13-17-28(18-14-25)35-23-26-11-7-6-8-12-26/h6-8,11-20,24H,4-5,9-10,21-23H2,1-3H3. The van der Waals surface area contributed by atoms with Gasteiger partial charge >= 0.3 is 0 Å². The molecule has 0 heterocycles. The van der Waals surface area contributed by atoms with Gasteiger partial charge in [0.05, 0.1) is 4.90 Å². The maximum Gasteiger partial charge on any atom is 0.243 e. The molecular weight excluding hydrogens is 475 g/mol. The van der Waals surface area contributed by atoms with Crippen molar-refractivity contribution in [2.45, 2.75) is 57.7 Å². The molecule has 1 atom stereocenters. The van der Waals surface area contributed by atoms with Gasteiger partial charge in [-0.1, -0.05) is 56.3 Å². The van der Waals surface area contributed by atoms with Crippen molar-refractivity contribution in [1.82, 2.24) is 9.21 Å². The van der Waals surface area contributed by atoms with Gasteiger partial charge in [-0.2, -0.15) is 4.31 Å². The highest BCUT2D eigenvalue weighted by molar-refractivity contribution is 7.89. The van der Waals surface area contributed by atoms with Crippen molar-refractivity contribution in [3.05, 3.63) is 95.8 Å². The average Bonchev–Trinajstić information content (AvgIpc) is 2.90. The molecule has 0 radical (unpaired) electrons. The first-order valence-corrected chi connectivity index (χ1v) is 14.0. The summed E-state index contributed by atoms with van der Waals surface area (Å²) in [6.07, 6.45) is 1.62. The van der Waals surface area contributed by atoms with E-state index < -0.39 is 15.8 Å². The number of halogens is 1. The van der Waals surface area contributed by atoms with E-state index in [1.807, 2.05) is 61.5 Å². The van der Waals surface area contributed by atoms with E-state index >= 15 is 0 Å². The Balaban J connectivity index is 1.74.